The first kappa shape index (κ1) is 43.9. The Balaban J connectivity index is 0.000000184. The summed E-state index contributed by atoms with van der Waals surface area (Å²) in [6, 6.07) is 16.6. The Labute approximate surface area is 366 Å². The van der Waals surface area contributed by atoms with Gasteiger partial charge in [-0.15, -0.1) is 0 Å². The molecule has 322 valence electrons. The predicted octanol–water partition coefficient (Wildman–Crippen LogP) is 9.28. The minimum Gasteiger partial charge on any atom is -0.493 e. The van der Waals surface area contributed by atoms with Crippen LogP contribution in [0.5, 0.6) is 23.0 Å². The Morgan fingerprint density at radius 2 is 1.39 bits per heavy atom. The standard InChI is InChI=1S/C22H24BrFN4O2.C22H24ClFN4O3/c1-28-7-5-14(6-8-28)12-30-21-11-19-16(10-20(21)29-2)22(26-13-25-19)27-18-4-3-15(23)9-17(18)24;1-29-20-13-19-16(12-21(20)31-8-2-5-28-6-9-30-10-7-28)22(26-14-25-19)27-15-3-4-18(24)17(23)11-15/h3-4,9-11,13-14H,5-8,12H2,1-2H3,(H,25,26,27);3-4,11-14H,2,5-10H2,1H3,(H,25,26,27). The van der Waals surface area contributed by atoms with Crippen LogP contribution in [0.25, 0.3) is 21.8 Å². The molecule has 2 fully saturated rings. The number of nitrogens with zero attached hydrogens (tertiary/aromatic N) is 6. The van der Waals surface area contributed by atoms with Gasteiger partial charge < -0.3 is 39.2 Å². The second-order valence-corrected chi connectivity index (χ2v) is 16.0. The fourth-order valence-corrected chi connectivity index (χ4v) is 7.55. The normalized spacial score (nSPS) is 14.9. The van der Waals surface area contributed by atoms with Crippen molar-refractivity contribution in [1.82, 2.24) is 29.7 Å². The van der Waals surface area contributed by atoms with Crippen molar-refractivity contribution >= 4 is 72.3 Å². The van der Waals surface area contributed by atoms with Gasteiger partial charge in [-0.05, 0) is 93.8 Å². The maximum absolute atomic E-state index is 14.3. The molecule has 61 heavy (non-hydrogen) atoms. The fraction of sp³-hybridized carbons (Fsp3) is 0.364. The summed E-state index contributed by atoms with van der Waals surface area (Å²) in [6.45, 7) is 7.84. The Kier molecular flexibility index (Phi) is 15.2. The van der Waals surface area contributed by atoms with Crippen molar-refractivity contribution in [3.63, 3.8) is 0 Å². The highest BCUT2D eigenvalue weighted by Gasteiger charge is 2.20. The number of halogens is 4. The van der Waals surface area contributed by atoms with Crippen LogP contribution >= 0.6 is 27.5 Å². The van der Waals surface area contributed by atoms with E-state index >= 15 is 0 Å². The zero-order chi connectivity index (χ0) is 42.7. The first-order valence-electron chi connectivity index (χ1n) is 20.0. The molecule has 0 radical (unpaired) electrons. The van der Waals surface area contributed by atoms with Crippen molar-refractivity contribution in [3.8, 4) is 23.0 Å². The maximum atomic E-state index is 14.3. The van der Waals surface area contributed by atoms with E-state index in [0.29, 0.717) is 80.6 Å². The van der Waals surface area contributed by atoms with Crippen molar-refractivity contribution in [2.24, 2.45) is 5.92 Å². The molecule has 0 amide bonds. The monoisotopic (exact) mass is 920 g/mol. The van der Waals surface area contributed by atoms with Crippen molar-refractivity contribution < 1.29 is 32.5 Å². The lowest BCUT2D eigenvalue weighted by Crippen LogP contribution is -2.37. The van der Waals surface area contributed by atoms with Crippen molar-refractivity contribution in [2.75, 3.05) is 91.1 Å². The third-order valence-corrected chi connectivity index (χ3v) is 11.3. The molecule has 17 heteroatoms. The van der Waals surface area contributed by atoms with Crippen LogP contribution in [0.4, 0.5) is 31.8 Å². The van der Waals surface area contributed by atoms with Crippen LogP contribution in [-0.2, 0) is 4.74 Å². The summed E-state index contributed by atoms with van der Waals surface area (Å²) in [6.07, 6.45) is 6.06. The van der Waals surface area contributed by atoms with Gasteiger partial charge >= 0.3 is 0 Å². The number of hydrogen-bond acceptors (Lipinski definition) is 13. The molecule has 8 rings (SSSR count). The highest BCUT2D eigenvalue weighted by Crippen LogP contribution is 2.37. The summed E-state index contributed by atoms with van der Waals surface area (Å²) in [7, 11) is 5.35. The summed E-state index contributed by atoms with van der Waals surface area (Å²) in [5.41, 5.74) is 2.35. The van der Waals surface area contributed by atoms with E-state index in [1.165, 1.54) is 30.9 Å². The summed E-state index contributed by atoms with van der Waals surface area (Å²) in [5.74, 6) is 3.23. The number of benzene rings is 4. The van der Waals surface area contributed by atoms with Crippen LogP contribution in [0.1, 0.15) is 19.3 Å². The van der Waals surface area contributed by atoms with Gasteiger partial charge in [-0.3, -0.25) is 4.90 Å². The minimum absolute atomic E-state index is 0.0364. The third-order valence-electron chi connectivity index (χ3n) is 10.5. The molecule has 6 aromatic rings. The zero-order valence-corrected chi connectivity index (χ0v) is 36.6. The summed E-state index contributed by atoms with van der Waals surface area (Å²) < 4.78 is 57.0. The molecular formula is C44H48BrClF2N8O5. The highest BCUT2D eigenvalue weighted by molar-refractivity contribution is 9.10. The Bertz CT molecular complexity index is 2420. The molecule has 0 unspecified atom stereocenters. The van der Waals surface area contributed by atoms with Gasteiger partial charge in [0.1, 0.15) is 35.9 Å². The first-order valence-corrected chi connectivity index (χ1v) is 21.2. The molecule has 2 aliphatic heterocycles. The van der Waals surface area contributed by atoms with Crippen LogP contribution in [0.2, 0.25) is 5.02 Å². The predicted molar refractivity (Wildman–Crippen MR) is 237 cm³/mol. The average molecular weight is 922 g/mol. The number of ether oxygens (including phenoxy) is 5. The number of hydrogen-bond donors (Lipinski definition) is 2. The molecule has 13 nitrogen and oxygen atoms in total. The number of nitrogens with one attached hydrogen (secondary N) is 2. The van der Waals surface area contributed by atoms with Gasteiger partial charge in [0.25, 0.3) is 0 Å². The zero-order valence-electron chi connectivity index (χ0n) is 34.2. The number of morpholine rings is 1. The number of likely N-dealkylation sites (tertiary alicyclic amines) is 1. The number of rotatable bonds is 14. The molecule has 2 aromatic heterocycles. The number of aromatic nitrogens is 4. The molecule has 4 aromatic carbocycles. The molecule has 0 bridgehead atoms. The van der Waals surface area contributed by atoms with Crippen molar-refractivity contribution in [1.29, 1.82) is 0 Å². The van der Waals surface area contributed by atoms with Gasteiger partial charge in [-0.25, -0.2) is 28.7 Å². The lowest BCUT2D eigenvalue weighted by molar-refractivity contribution is 0.0357. The second kappa shape index (κ2) is 21.1. The van der Waals surface area contributed by atoms with Crippen LogP contribution in [0, 0.1) is 17.6 Å². The minimum atomic E-state index is -0.475. The van der Waals surface area contributed by atoms with E-state index in [1.54, 1.807) is 32.4 Å². The molecule has 2 saturated heterocycles. The maximum Gasteiger partial charge on any atom is 0.163 e. The lowest BCUT2D eigenvalue weighted by atomic mass is 9.98. The number of anilines is 4. The van der Waals surface area contributed by atoms with Gasteiger partial charge in [-0.2, -0.15) is 0 Å². The number of piperidine rings is 1. The number of fused-ring (bicyclic) bond motifs is 2. The van der Waals surface area contributed by atoms with E-state index in [-0.39, 0.29) is 10.8 Å². The van der Waals surface area contributed by atoms with E-state index in [4.69, 9.17) is 35.3 Å². The smallest absolute Gasteiger partial charge is 0.163 e. The van der Waals surface area contributed by atoms with Gasteiger partial charge in [0.2, 0.25) is 0 Å². The fourth-order valence-electron chi connectivity index (χ4n) is 7.03. The molecule has 2 aliphatic rings. The third kappa shape index (κ3) is 11.6. The first-order chi connectivity index (χ1) is 29.7. The molecule has 0 aliphatic carbocycles. The Morgan fingerprint density at radius 3 is 2.07 bits per heavy atom. The van der Waals surface area contributed by atoms with Crippen molar-refractivity contribution in [2.45, 2.75) is 19.3 Å². The SMILES string of the molecule is COc1cc2c(Nc3ccc(Br)cc3F)ncnc2cc1OCC1CCN(C)CC1.COc1cc2ncnc(Nc3ccc(F)c(Cl)c3)c2cc1OCCCN1CCOCC1. The topological polar surface area (TPSA) is 128 Å². The summed E-state index contributed by atoms with van der Waals surface area (Å²) in [4.78, 5) is 22.0. The Morgan fingerprint density at radius 1 is 0.754 bits per heavy atom. The van der Waals surface area contributed by atoms with Gasteiger partial charge in [-0.1, -0.05) is 27.5 Å². The lowest BCUT2D eigenvalue weighted by Gasteiger charge is -2.28. The van der Waals surface area contributed by atoms with Gasteiger partial charge in [0.15, 0.2) is 23.0 Å². The van der Waals surface area contributed by atoms with E-state index in [0.717, 1.165) is 76.0 Å². The van der Waals surface area contributed by atoms with E-state index < -0.39 is 5.82 Å². The second-order valence-electron chi connectivity index (χ2n) is 14.7. The van der Waals surface area contributed by atoms with Gasteiger partial charge in [0.05, 0.1) is 62.4 Å². The van der Waals surface area contributed by atoms with Crippen molar-refractivity contribution in [3.05, 3.63) is 94.4 Å². The molecule has 4 heterocycles. The Hall–Kier alpha value is -5.13. The molecule has 2 N–H and O–H groups in total. The molecule has 0 saturated carbocycles. The summed E-state index contributed by atoms with van der Waals surface area (Å²) in [5, 5.41) is 7.74. The van der Waals surface area contributed by atoms with Crippen LogP contribution < -0.4 is 29.6 Å². The molecule has 0 atom stereocenters. The van der Waals surface area contributed by atoms with E-state index in [1.807, 2.05) is 24.3 Å². The summed E-state index contributed by atoms with van der Waals surface area (Å²) >= 11 is 9.16. The van der Waals surface area contributed by atoms with Gasteiger partial charge in [0, 0.05) is 52.7 Å². The number of methoxy groups -OCH3 is 2. The largest absolute Gasteiger partial charge is 0.493 e. The van der Waals surface area contributed by atoms with E-state index in [9.17, 15) is 8.78 Å². The quantitative estimate of drug-likeness (QED) is 0.101. The molecule has 0 spiro atoms. The van der Waals surface area contributed by atoms with E-state index in [2.05, 4.69) is 63.3 Å². The highest BCUT2D eigenvalue weighted by atomic mass is 79.9. The average Bonchev–Trinajstić information content (AvgIpc) is 3.27. The van der Waals surface area contributed by atoms with Crippen LogP contribution in [-0.4, -0.2) is 110 Å². The molecular weight excluding hydrogens is 874 g/mol. The van der Waals surface area contributed by atoms with Crippen LogP contribution in [0.15, 0.2) is 77.8 Å². The van der Waals surface area contributed by atoms with Crippen LogP contribution in [0.3, 0.4) is 0 Å².